The minimum atomic E-state index is -0.422. The van der Waals surface area contributed by atoms with Crippen molar-refractivity contribution in [1.29, 1.82) is 0 Å². The second-order valence-electron chi connectivity index (χ2n) is 4.77. The normalized spacial score (nSPS) is 22.7. The molecule has 0 aliphatic carbocycles. The average molecular weight is 266 g/mol. The first kappa shape index (κ1) is 13.5. The Kier molecular flexibility index (Phi) is 3.84. The highest BCUT2D eigenvalue weighted by atomic mass is 16.3. The van der Waals surface area contributed by atoms with Gasteiger partial charge in [0.25, 0.3) is 5.91 Å². The molecule has 1 aromatic heterocycles. The van der Waals surface area contributed by atoms with Gasteiger partial charge in [-0.3, -0.25) is 9.59 Å². The molecule has 0 spiro atoms. The van der Waals surface area contributed by atoms with E-state index in [9.17, 15) is 9.59 Å². The third-order valence-electron chi connectivity index (χ3n) is 3.50. The Bertz CT molecular complexity index is 485. The molecule has 104 valence electrons. The fourth-order valence-corrected chi connectivity index (χ4v) is 2.58. The van der Waals surface area contributed by atoms with Crippen molar-refractivity contribution in [2.24, 2.45) is 11.5 Å². The predicted molar refractivity (Wildman–Crippen MR) is 67.1 cm³/mol. The Labute approximate surface area is 110 Å². The second-order valence-corrected chi connectivity index (χ2v) is 4.77. The molecule has 2 atom stereocenters. The lowest BCUT2D eigenvalue weighted by molar-refractivity contribution is -0.118. The molecule has 0 radical (unpaired) electrons. The number of likely N-dealkylation sites (tertiary alicyclic amines) is 1. The van der Waals surface area contributed by atoms with Crippen molar-refractivity contribution < 1.29 is 14.0 Å². The Balaban J connectivity index is 2.24. The fourth-order valence-electron chi connectivity index (χ4n) is 2.58. The van der Waals surface area contributed by atoms with Crippen molar-refractivity contribution in [3.05, 3.63) is 17.8 Å². The summed E-state index contributed by atoms with van der Waals surface area (Å²) in [4.78, 5) is 29.1. The van der Waals surface area contributed by atoms with E-state index < -0.39 is 5.91 Å². The highest BCUT2D eigenvalue weighted by molar-refractivity contribution is 5.93. The molecule has 19 heavy (non-hydrogen) atoms. The lowest BCUT2D eigenvalue weighted by atomic mass is 10.1. The minimum Gasteiger partial charge on any atom is -0.438 e. The molecule has 1 saturated heterocycles. The molecule has 0 saturated carbocycles. The molecule has 1 aliphatic rings. The lowest BCUT2D eigenvalue weighted by Gasteiger charge is -2.28. The third kappa shape index (κ3) is 2.60. The Hall–Kier alpha value is -1.89. The number of hydrogen-bond donors (Lipinski definition) is 2. The van der Waals surface area contributed by atoms with Crippen LogP contribution in [0.1, 0.15) is 35.5 Å². The van der Waals surface area contributed by atoms with E-state index in [0.29, 0.717) is 12.2 Å². The van der Waals surface area contributed by atoms with E-state index in [1.165, 1.54) is 6.39 Å². The fraction of sp³-hybridized carbons (Fsp3) is 0.583. The van der Waals surface area contributed by atoms with Gasteiger partial charge in [0.15, 0.2) is 6.39 Å². The molecule has 2 amide bonds. The van der Waals surface area contributed by atoms with E-state index in [1.807, 2.05) is 0 Å². The molecule has 2 rings (SSSR count). The first-order valence-electron chi connectivity index (χ1n) is 6.25. The molecular formula is C12H18N4O3. The largest absolute Gasteiger partial charge is 0.438 e. The van der Waals surface area contributed by atoms with Crippen molar-refractivity contribution >= 4 is 11.8 Å². The Morgan fingerprint density at radius 3 is 2.68 bits per heavy atom. The van der Waals surface area contributed by atoms with E-state index in [2.05, 4.69) is 4.98 Å². The lowest BCUT2D eigenvalue weighted by Crippen LogP contribution is -2.45. The van der Waals surface area contributed by atoms with E-state index >= 15 is 0 Å². The molecule has 2 heterocycles. The van der Waals surface area contributed by atoms with Crippen molar-refractivity contribution in [3.63, 3.8) is 0 Å². The summed E-state index contributed by atoms with van der Waals surface area (Å²) < 4.78 is 5.13. The van der Waals surface area contributed by atoms with Crippen LogP contribution in [-0.2, 0) is 4.79 Å². The van der Waals surface area contributed by atoms with Gasteiger partial charge in [-0.25, -0.2) is 4.98 Å². The van der Waals surface area contributed by atoms with Gasteiger partial charge in [0.05, 0.1) is 5.69 Å². The van der Waals surface area contributed by atoms with E-state index in [1.54, 1.807) is 11.8 Å². The van der Waals surface area contributed by atoms with Gasteiger partial charge in [-0.2, -0.15) is 0 Å². The SMILES string of the molecule is Cc1ncoc1C(=O)N1[C@H](CN)CC[C@@H]1CC(N)=O. The summed E-state index contributed by atoms with van der Waals surface area (Å²) in [6, 6.07) is -0.288. The van der Waals surface area contributed by atoms with Gasteiger partial charge >= 0.3 is 0 Å². The summed E-state index contributed by atoms with van der Waals surface area (Å²) in [7, 11) is 0. The van der Waals surface area contributed by atoms with Crippen LogP contribution < -0.4 is 11.5 Å². The maximum Gasteiger partial charge on any atom is 0.292 e. The zero-order chi connectivity index (χ0) is 14.0. The smallest absolute Gasteiger partial charge is 0.292 e. The maximum absolute atomic E-state index is 12.5. The van der Waals surface area contributed by atoms with Crippen LogP contribution in [0.2, 0.25) is 0 Å². The van der Waals surface area contributed by atoms with Gasteiger partial charge in [0.1, 0.15) is 0 Å². The summed E-state index contributed by atoms with van der Waals surface area (Å²) in [6.07, 6.45) is 2.88. The number of primary amides is 1. The Morgan fingerprint density at radius 1 is 1.47 bits per heavy atom. The first-order chi connectivity index (χ1) is 9.04. The molecule has 1 aliphatic heterocycles. The molecule has 0 bridgehead atoms. The van der Waals surface area contributed by atoms with Crippen LogP contribution in [0.4, 0.5) is 0 Å². The number of aryl methyl sites for hydroxylation is 1. The zero-order valence-electron chi connectivity index (χ0n) is 10.8. The van der Waals surface area contributed by atoms with Crippen LogP contribution in [0.25, 0.3) is 0 Å². The van der Waals surface area contributed by atoms with Crippen LogP contribution in [0, 0.1) is 6.92 Å². The van der Waals surface area contributed by atoms with Crippen LogP contribution in [0.5, 0.6) is 0 Å². The van der Waals surface area contributed by atoms with Crippen molar-refractivity contribution in [2.45, 2.75) is 38.3 Å². The summed E-state index contributed by atoms with van der Waals surface area (Å²) in [5, 5.41) is 0. The standard InChI is InChI=1S/C12H18N4O3/c1-7-11(19-6-15-7)12(18)16-8(4-10(14)17)2-3-9(16)5-13/h6,8-9H,2-5,13H2,1H3,(H2,14,17)/t8-,9+/m1/s1. The maximum atomic E-state index is 12.5. The molecule has 0 unspecified atom stereocenters. The van der Waals surface area contributed by atoms with Gasteiger partial charge in [-0.15, -0.1) is 0 Å². The van der Waals surface area contributed by atoms with E-state index in [0.717, 1.165) is 12.8 Å². The van der Waals surface area contributed by atoms with E-state index in [-0.39, 0.29) is 30.2 Å². The molecular weight excluding hydrogens is 248 g/mol. The number of rotatable bonds is 4. The number of hydrogen-bond acceptors (Lipinski definition) is 5. The zero-order valence-corrected chi connectivity index (χ0v) is 10.8. The number of oxazole rings is 1. The minimum absolute atomic E-state index is 0.0821. The summed E-state index contributed by atoms with van der Waals surface area (Å²) >= 11 is 0. The number of nitrogens with two attached hydrogens (primary N) is 2. The molecule has 7 heteroatoms. The highest BCUT2D eigenvalue weighted by Gasteiger charge is 2.38. The van der Waals surface area contributed by atoms with Crippen LogP contribution in [0.15, 0.2) is 10.8 Å². The van der Waals surface area contributed by atoms with Gasteiger partial charge in [0.2, 0.25) is 11.7 Å². The molecule has 1 aromatic rings. The average Bonchev–Trinajstić information content (AvgIpc) is 2.94. The van der Waals surface area contributed by atoms with Crippen LogP contribution >= 0.6 is 0 Å². The van der Waals surface area contributed by atoms with Crippen molar-refractivity contribution in [3.8, 4) is 0 Å². The molecule has 7 nitrogen and oxygen atoms in total. The predicted octanol–water partition coefficient (Wildman–Crippen LogP) is -0.210. The molecule has 4 N–H and O–H groups in total. The highest BCUT2D eigenvalue weighted by Crippen LogP contribution is 2.28. The second kappa shape index (κ2) is 5.40. The number of carbonyl (C=O) groups is 2. The number of nitrogens with zero attached hydrogens (tertiary/aromatic N) is 2. The molecule has 0 aromatic carbocycles. The number of amides is 2. The van der Waals surface area contributed by atoms with Crippen molar-refractivity contribution in [1.82, 2.24) is 9.88 Å². The summed E-state index contributed by atoms with van der Waals surface area (Å²) in [6.45, 7) is 2.06. The van der Waals surface area contributed by atoms with Gasteiger partial charge in [0, 0.05) is 25.0 Å². The summed E-state index contributed by atoms with van der Waals surface area (Å²) in [5.41, 5.74) is 11.4. The Morgan fingerprint density at radius 2 is 2.16 bits per heavy atom. The monoisotopic (exact) mass is 266 g/mol. The van der Waals surface area contributed by atoms with Crippen LogP contribution in [-0.4, -0.2) is 40.3 Å². The van der Waals surface area contributed by atoms with Crippen molar-refractivity contribution in [2.75, 3.05) is 6.54 Å². The molecule has 1 fully saturated rings. The summed E-state index contributed by atoms with van der Waals surface area (Å²) in [5.74, 6) is -0.487. The number of aromatic nitrogens is 1. The topological polar surface area (TPSA) is 115 Å². The third-order valence-corrected chi connectivity index (χ3v) is 3.50. The van der Waals surface area contributed by atoms with Gasteiger partial charge in [-0.1, -0.05) is 0 Å². The first-order valence-corrected chi connectivity index (χ1v) is 6.25. The number of carbonyl (C=O) groups excluding carboxylic acids is 2. The van der Waals surface area contributed by atoms with Crippen LogP contribution in [0.3, 0.4) is 0 Å². The van der Waals surface area contributed by atoms with Gasteiger partial charge < -0.3 is 20.8 Å². The van der Waals surface area contributed by atoms with E-state index in [4.69, 9.17) is 15.9 Å². The van der Waals surface area contributed by atoms with Gasteiger partial charge in [-0.05, 0) is 19.8 Å². The quantitative estimate of drug-likeness (QED) is 0.782.